The molecule has 0 aliphatic heterocycles. The minimum atomic E-state index is -0.615. The molecule has 0 aromatic heterocycles. The largest absolute Gasteiger partial charge is 0.444 e. The number of nitrogens with zero attached hydrogens (tertiary/aromatic N) is 1. The Morgan fingerprint density at radius 3 is 2.78 bits per heavy atom. The fraction of sp³-hybridized carbons (Fsp3) is 0.471. The summed E-state index contributed by atoms with van der Waals surface area (Å²) >= 11 is 0. The van der Waals surface area contributed by atoms with Gasteiger partial charge in [0.05, 0.1) is 4.92 Å². The van der Waals surface area contributed by atoms with Crippen LogP contribution >= 0.6 is 0 Å². The van der Waals surface area contributed by atoms with E-state index in [4.69, 9.17) is 11.2 Å². The van der Waals surface area contributed by atoms with E-state index in [0.29, 0.717) is 0 Å². The highest BCUT2D eigenvalue weighted by molar-refractivity contribution is 5.69. The first kappa shape index (κ1) is 16.8. The summed E-state index contributed by atoms with van der Waals surface area (Å²) in [6.45, 7) is 5.31. The fourth-order valence-electron chi connectivity index (χ4n) is 2.77. The van der Waals surface area contributed by atoms with Gasteiger partial charge in [0.2, 0.25) is 0 Å². The normalized spacial score (nSPS) is 17.7. The molecule has 0 saturated heterocycles. The molecule has 1 aromatic rings. The number of hydrogen-bond donors (Lipinski definition) is 1. The summed E-state index contributed by atoms with van der Waals surface area (Å²) in [6.07, 6.45) is 6.50. The average Bonchev–Trinajstić information content (AvgIpc) is 2.85. The molecule has 1 aliphatic rings. The molecule has 0 spiro atoms. The number of benzene rings is 1. The minimum Gasteiger partial charge on any atom is -0.444 e. The van der Waals surface area contributed by atoms with Crippen LogP contribution in [0.15, 0.2) is 18.2 Å². The van der Waals surface area contributed by atoms with Gasteiger partial charge in [-0.2, -0.15) is 0 Å². The topological polar surface area (TPSA) is 81.5 Å². The van der Waals surface area contributed by atoms with E-state index in [1.54, 1.807) is 32.9 Å². The quantitative estimate of drug-likeness (QED) is 0.527. The number of alkyl carbamates (subject to hydrolysis) is 1. The summed E-state index contributed by atoms with van der Waals surface area (Å²) in [5.41, 5.74) is 1.28. The molecule has 0 fully saturated rings. The first-order valence-electron chi connectivity index (χ1n) is 7.44. The molecule has 0 bridgehead atoms. The Labute approximate surface area is 135 Å². The number of ether oxygens (including phenoxy) is 1. The van der Waals surface area contributed by atoms with Crippen molar-refractivity contribution in [2.24, 2.45) is 0 Å². The molecule has 0 heterocycles. The molecule has 2 atom stereocenters. The van der Waals surface area contributed by atoms with Crippen molar-refractivity contribution in [3.63, 3.8) is 0 Å². The highest BCUT2D eigenvalue weighted by Gasteiger charge is 2.32. The van der Waals surface area contributed by atoms with Gasteiger partial charge in [-0.15, -0.1) is 6.42 Å². The number of nitrogens with one attached hydrogen (secondary N) is 1. The molecule has 6 nitrogen and oxygen atoms in total. The van der Waals surface area contributed by atoms with Gasteiger partial charge in [-0.1, -0.05) is 12.0 Å². The van der Waals surface area contributed by atoms with Gasteiger partial charge in [-0.05, 0) is 44.7 Å². The Morgan fingerprint density at radius 2 is 2.22 bits per heavy atom. The van der Waals surface area contributed by atoms with Crippen LogP contribution in [0.3, 0.4) is 0 Å². The second kappa shape index (κ2) is 6.29. The van der Waals surface area contributed by atoms with Crippen LogP contribution in [0.5, 0.6) is 0 Å². The van der Waals surface area contributed by atoms with E-state index in [1.165, 1.54) is 6.07 Å². The second-order valence-electron chi connectivity index (χ2n) is 6.58. The van der Waals surface area contributed by atoms with Crippen LogP contribution in [0.1, 0.15) is 44.2 Å². The molecule has 1 aromatic carbocycles. The molecule has 2 unspecified atom stereocenters. The van der Waals surface area contributed by atoms with E-state index in [1.807, 2.05) is 0 Å². The van der Waals surface area contributed by atoms with E-state index < -0.39 is 22.7 Å². The van der Waals surface area contributed by atoms with Crippen LogP contribution in [-0.4, -0.2) is 22.7 Å². The molecular weight excluding hydrogens is 296 g/mol. The molecular formula is C17H20N2O4. The summed E-state index contributed by atoms with van der Waals surface area (Å²) in [5, 5.41) is 13.6. The van der Waals surface area contributed by atoms with Crippen LogP contribution in [0.4, 0.5) is 10.5 Å². The summed E-state index contributed by atoms with van der Waals surface area (Å²) in [4.78, 5) is 22.5. The molecule has 0 saturated carbocycles. The van der Waals surface area contributed by atoms with Crippen molar-refractivity contribution in [1.82, 2.24) is 5.32 Å². The summed E-state index contributed by atoms with van der Waals surface area (Å²) < 4.78 is 5.23. The fourth-order valence-corrected chi connectivity index (χ4v) is 2.77. The van der Waals surface area contributed by atoms with Gasteiger partial charge in [0.25, 0.3) is 5.69 Å². The van der Waals surface area contributed by atoms with E-state index in [-0.39, 0.29) is 11.6 Å². The maximum Gasteiger partial charge on any atom is 0.408 e. The summed E-state index contributed by atoms with van der Waals surface area (Å²) in [5.74, 6) is 2.42. The van der Waals surface area contributed by atoms with Crippen molar-refractivity contribution in [2.75, 3.05) is 0 Å². The first-order valence-corrected chi connectivity index (χ1v) is 7.44. The highest BCUT2D eigenvalue weighted by Crippen LogP contribution is 2.37. The van der Waals surface area contributed by atoms with Gasteiger partial charge < -0.3 is 10.1 Å². The van der Waals surface area contributed by atoms with Crippen molar-refractivity contribution in [3.05, 3.63) is 39.4 Å². The lowest BCUT2D eigenvalue weighted by Gasteiger charge is -2.24. The van der Waals surface area contributed by atoms with Gasteiger partial charge in [-0.3, -0.25) is 10.1 Å². The van der Waals surface area contributed by atoms with Crippen molar-refractivity contribution in [2.45, 2.75) is 51.2 Å². The third-order valence-electron chi connectivity index (χ3n) is 3.72. The third kappa shape index (κ3) is 4.01. The average molecular weight is 316 g/mol. The zero-order valence-electron chi connectivity index (χ0n) is 13.5. The summed E-state index contributed by atoms with van der Waals surface area (Å²) in [6, 6.07) is 4.24. The van der Waals surface area contributed by atoms with Gasteiger partial charge in [-0.25, -0.2) is 4.79 Å². The van der Waals surface area contributed by atoms with Crippen molar-refractivity contribution >= 4 is 11.8 Å². The number of rotatable bonds is 3. The van der Waals surface area contributed by atoms with Crippen molar-refractivity contribution in [3.8, 4) is 12.3 Å². The van der Waals surface area contributed by atoms with E-state index in [9.17, 15) is 14.9 Å². The van der Waals surface area contributed by atoms with Crippen molar-refractivity contribution < 1.29 is 14.5 Å². The number of terminal acetylenes is 1. The van der Waals surface area contributed by atoms with Gasteiger partial charge in [0.1, 0.15) is 11.6 Å². The lowest BCUT2D eigenvalue weighted by molar-refractivity contribution is -0.384. The first-order chi connectivity index (χ1) is 10.7. The smallest absolute Gasteiger partial charge is 0.408 e. The number of nitro benzene ring substituents is 1. The van der Waals surface area contributed by atoms with E-state index in [2.05, 4.69) is 11.2 Å². The number of hydrogen-bond acceptors (Lipinski definition) is 4. The van der Waals surface area contributed by atoms with Crippen LogP contribution in [0, 0.1) is 22.5 Å². The van der Waals surface area contributed by atoms with Gasteiger partial charge in [0, 0.05) is 18.1 Å². The zero-order chi connectivity index (χ0) is 17.2. The predicted molar refractivity (Wildman–Crippen MR) is 86.1 cm³/mol. The van der Waals surface area contributed by atoms with Gasteiger partial charge >= 0.3 is 6.09 Å². The summed E-state index contributed by atoms with van der Waals surface area (Å²) in [7, 11) is 0. The molecule has 0 radical (unpaired) electrons. The number of nitro groups is 1. The molecule has 23 heavy (non-hydrogen) atoms. The lowest BCUT2D eigenvalue weighted by Crippen LogP contribution is -2.41. The van der Waals surface area contributed by atoms with E-state index in [0.717, 1.165) is 24.0 Å². The molecule has 6 heteroatoms. The van der Waals surface area contributed by atoms with Crippen LogP contribution in [-0.2, 0) is 11.2 Å². The second-order valence-corrected chi connectivity index (χ2v) is 6.58. The zero-order valence-corrected chi connectivity index (χ0v) is 13.5. The maximum absolute atomic E-state index is 11.9. The number of non-ortho nitro benzene ring substituents is 1. The maximum atomic E-state index is 11.9. The predicted octanol–water partition coefficient (Wildman–Crippen LogP) is 3.15. The number of amides is 1. The Balaban J connectivity index is 2.19. The number of fused-ring (bicyclic) bond motifs is 1. The number of aryl methyl sites for hydroxylation is 1. The highest BCUT2D eigenvalue weighted by atomic mass is 16.6. The Bertz CT molecular complexity index is 670. The minimum absolute atomic E-state index is 0.0312. The monoisotopic (exact) mass is 316 g/mol. The molecule has 2 rings (SSSR count). The Kier molecular flexibility index (Phi) is 4.60. The lowest BCUT2D eigenvalue weighted by atomic mass is 9.93. The number of carbonyl (C=O) groups is 1. The van der Waals surface area contributed by atoms with Gasteiger partial charge in [0.15, 0.2) is 0 Å². The molecule has 1 amide bonds. The number of carbonyl (C=O) groups excluding carboxylic acids is 1. The van der Waals surface area contributed by atoms with E-state index >= 15 is 0 Å². The molecule has 1 aliphatic carbocycles. The van der Waals surface area contributed by atoms with Crippen molar-refractivity contribution in [1.29, 1.82) is 0 Å². The molecule has 1 N–H and O–H groups in total. The van der Waals surface area contributed by atoms with Crippen LogP contribution < -0.4 is 5.32 Å². The molecule has 122 valence electrons. The van der Waals surface area contributed by atoms with Crippen LogP contribution in [0.25, 0.3) is 0 Å². The Hall–Kier alpha value is -2.55. The standard InChI is InChI=1S/C17H20N2O4/c1-5-15(18-16(20)23-17(2,3)4)13-9-7-11-6-8-12(19(21)22)10-14(11)13/h1,6,8,10,13,15H,7,9H2,2-4H3,(H,18,20). The Morgan fingerprint density at radius 1 is 1.52 bits per heavy atom. The third-order valence-corrected chi connectivity index (χ3v) is 3.72. The van der Waals surface area contributed by atoms with Crippen LogP contribution in [0.2, 0.25) is 0 Å². The SMILES string of the molecule is C#CC(NC(=O)OC(C)(C)C)C1CCc2ccc([N+](=O)[O-])cc21.